The molecule has 0 spiro atoms. The Morgan fingerprint density at radius 1 is 1.16 bits per heavy atom. The van der Waals surface area contributed by atoms with Gasteiger partial charge in [0, 0.05) is 62.9 Å². The topological polar surface area (TPSA) is 94.2 Å². The third-order valence-electron chi connectivity index (χ3n) is 5.85. The van der Waals surface area contributed by atoms with Crippen LogP contribution in [0.1, 0.15) is 34.5 Å². The number of esters is 1. The number of fused-ring (bicyclic) bond motifs is 1. The van der Waals surface area contributed by atoms with Crippen LogP contribution >= 0.6 is 0 Å². The van der Waals surface area contributed by atoms with Crippen molar-refractivity contribution in [1.82, 2.24) is 14.4 Å². The fourth-order valence-corrected chi connectivity index (χ4v) is 4.23. The zero-order valence-corrected chi connectivity index (χ0v) is 17.7. The molecule has 2 aromatic heterocycles. The van der Waals surface area contributed by atoms with E-state index in [9.17, 15) is 14.4 Å². The number of hydrogen-bond acceptors (Lipinski definition) is 7. The number of amides is 1. The second-order valence-electron chi connectivity index (χ2n) is 7.80. The Morgan fingerprint density at radius 2 is 2.03 bits per heavy atom. The number of hydrogen-bond donors (Lipinski definition) is 0. The van der Waals surface area contributed by atoms with E-state index in [2.05, 4.69) is 4.90 Å². The lowest BCUT2D eigenvalue weighted by molar-refractivity contribution is -0.128. The number of ether oxygens (including phenoxy) is 2. The fourth-order valence-electron chi connectivity index (χ4n) is 4.23. The number of aromatic nitrogens is 1. The molecule has 0 aromatic carbocycles. The maximum Gasteiger partial charge on any atom is 0.343 e. The maximum atomic E-state index is 12.8. The van der Waals surface area contributed by atoms with Crippen LogP contribution in [0.15, 0.2) is 33.9 Å². The molecule has 2 aliphatic rings. The molecule has 0 N–H and O–H groups in total. The van der Waals surface area contributed by atoms with Gasteiger partial charge < -0.3 is 23.4 Å². The Balaban J connectivity index is 1.54. The van der Waals surface area contributed by atoms with E-state index in [1.807, 2.05) is 6.07 Å². The Hall–Kier alpha value is -3.07. The average molecular weight is 429 g/mol. The van der Waals surface area contributed by atoms with Crippen molar-refractivity contribution in [1.29, 1.82) is 0 Å². The van der Waals surface area contributed by atoms with Crippen LogP contribution in [-0.2, 0) is 29.0 Å². The summed E-state index contributed by atoms with van der Waals surface area (Å²) in [4.78, 5) is 41.2. The van der Waals surface area contributed by atoms with Gasteiger partial charge >= 0.3 is 5.97 Å². The van der Waals surface area contributed by atoms with Gasteiger partial charge in [-0.2, -0.15) is 0 Å². The molecule has 0 aliphatic carbocycles. The molecule has 9 nitrogen and oxygen atoms in total. The van der Waals surface area contributed by atoms with Crippen LogP contribution < -0.4 is 10.3 Å². The van der Waals surface area contributed by atoms with Crippen molar-refractivity contribution in [2.75, 3.05) is 39.9 Å². The molecule has 0 bridgehead atoms. The summed E-state index contributed by atoms with van der Waals surface area (Å²) in [5.41, 5.74) is 1.77. The van der Waals surface area contributed by atoms with Crippen molar-refractivity contribution in [2.24, 2.45) is 0 Å². The average Bonchev–Trinajstić information content (AvgIpc) is 3.36. The van der Waals surface area contributed by atoms with Gasteiger partial charge in [-0.05, 0) is 12.5 Å². The molecule has 2 aliphatic heterocycles. The summed E-state index contributed by atoms with van der Waals surface area (Å²) in [5, 5.41) is 0. The molecule has 1 amide bonds. The van der Waals surface area contributed by atoms with Crippen LogP contribution in [0.25, 0.3) is 0 Å². The number of methoxy groups -OCH3 is 1. The highest BCUT2D eigenvalue weighted by molar-refractivity contribution is 5.93. The van der Waals surface area contributed by atoms with E-state index in [1.54, 1.807) is 22.0 Å². The first-order valence-corrected chi connectivity index (χ1v) is 10.6. The minimum absolute atomic E-state index is 0.108. The number of furan rings is 1. The summed E-state index contributed by atoms with van der Waals surface area (Å²) < 4.78 is 17.6. The van der Waals surface area contributed by atoms with Crippen molar-refractivity contribution < 1.29 is 23.5 Å². The molecule has 2 aromatic rings. The molecule has 1 fully saturated rings. The highest BCUT2D eigenvalue weighted by atomic mass is 16.5. The number of carbonyl (C=O) groups is 2. The molecule has 31 heavy (non-hydrogen) atoms. The highest BCUT2D eigenvalue weighted by Crippen LogP contribution is 2.24. The first kappa shape index (κ1) is 21.2. The number of carbonyl (C=O) groups excluding carboxylic acids is 2. The molecule has 0 atom stereocenters. The minimum atomic E-state index is -0.528. The van der Waals surface area contributed by atoms with E-state index in [1.165, 1.54) is 13.2 Å². The van der Waals surface area contributed by atoms with E-state index in [0.29, 0.717) is 63.4 Å². The summed E-state index contributed by atoms with van der Waals surface area (Å²) >= 11 is 0. The zero-order chi connectivity index (χ0) is 21.8. The van der Waals surface area contributed by atoms with Crippen LogP contribution in [0.2, 0.25) is 0 Å². The van der Waals surface area contributed by atoms with Crippen molar-refractivity contribution >= 4 is 11.9 Å². The number of pyridine rings is 1. The second-order valence-corrected chi connectivity index (χ2v) is 7.80. The number of rotatable bonds is 7. The lowest BCUT2D eigenvalue weighted by Gasteiger charge is -2.19. The molecule has 0 radical (unpaired) electrons. The van der Waals surface area contributed by atoms with E-state index in [-0.39, 0.29) is 23.8 Å². The Kier molecular flexibility index (Phi) is 6.41. The molecule has 0 unspecified atom stereocenters. The van der Waals surface area contributed by atoms with Crippen LogP contribution in [0, 0.1) is 0 Å². The fraction of sp³-hybridized carbons (Fsp3) is 0.500. The van der Waals surface area contributed by atoms with Gasteiger partial charge in [0.25, 0.3) is 5.56 Å². The third-order valence-corrected chi connectivity index (χ3v) is 5.85. The van der Waals surface area contributed by atoms with Crippen LogP contribution in [-0.4, -0.2) is 66.1 Å². The van der Waals surface area contributed by atoms with Crippen molar-refractivity contribution in [3.63, 3.8) is 0 Å². The van der Waals surface area contributed by atoms with E-state index in [0.717, 1.165) is 12.0 Å². The Bertz CT molecular complexity index is 997. The van der Waals surface area contributed by atoms with Gasteiger partial charge in [-0.3, -0.25) is 14.5 Å². The van der Waals surface area contributed by atoms with E-state index >= 15 is 0 Å². The summed E-state index contributed by atoms with van der Waals surface area (Å²) in [6.45, 7) is 3.89. The predicted octanol–water partition coefficient (Wildman–Crippen LogP) is 1.29. The molecule has 166 valence electrons. The van der Waals surface area contributed by atoms with Gasteiger partial charge in [-0.1, -0.05) is 0 Å². The monoisotopic (exact) mass is 429 g/mol. The predicted molar refractivity (Wildman–Crippen MR) is 111 cm³/mol. The lowest BCUT2D eigenvalue weighted by atomic mass is 10.1. The van der Waals surface area contributed by atoms with Gasteiger partial charge in [-0.15, -0.1) is 0 Å². The first-order chi connectivity index (χ1) is 15.1. The first-order valence-electron chi connectivity index (χ1n) is 10.6. The van der Waals surface area contributed by atoms with Gasteiger partial charge in [0.15, 0.2) is 0 Å². The lowest BCUT2D eigenvalue weighted by Crippen LogP contribution is -2.31. The molecule has 4 heterocycles. The summed E-state index contributed by atoms with van der Waals surface area (Å²) in [6.07, 6.45) is 5.27. The van der Waals surface area contributed by atoms with Gasteiger partial charge in [-0.25, -0.2) is 4.79 Å². The molecule has 9 heteroatoms. The molecular weight excluding hydrogens is 402 g/mol. The highest BCUT2D eigenvalue weighted by Gasteiger charge is 2.27. The molecule has 4 rings (SSSR count). The van der Waals surface area contributed by atoms with E-state index in [4.69, 9.17) is 13.9 Å². The summed E-state index contributed by atoms with van der Waals surface area (Å²) in [6, 6.07) is 3.27. The molecule has 0 saturated carbocycles. The Morgan fingerprint density at radius 3 is 2.74 bits per heavy atom. The molecule has 1 saturated heterocycles. The number of likely N-dealkylation sites (tertiary alicyclic amines) is 1. The van der Waals surface area contributed by atoms with Crippen LogP contribution in [0.5, 0.6) is 5.75 Å². The minimum Gasteiger partial charge on any atom is -0.491 e. The maximum absolute atomic E-state index is 12.8. The standard InChI is InChI=1S/C22H27N3O6/c1-29-22(28)21-17-4-7-23(14-16-5-11-30-15-16)8-9-25(17)20(27)13-18(21)31-12-10-24-6-2-3-19(24)26/h5,11,13,15H,2-4,6-10,12,14H2,1H3. The largest absolute Gasteiger partial charge is 0.491 e. The summed E-state index contributed by atoms with van der Waals surface area (Å²) in [7, 11) is 1.32. The van der Waals surface area contributed by atoms with Gasteiger partial charge in [0.2, 0.25) is 5.91 Å². The van der Waals surface area contributed by atoms with Crippen LogP contribution in [0.4, 0.5) is 0 Å². The van der Waals surface area contributed by atoms with Crippen molar-refractivity contribution in [3.8, 4) is 5.75 Å². The Labute approximate surface area is 180 Å². The smallest absolute Gasteiger partial charge is 0.343 e. The van der Waals surface area contributed by atoms with Crippen molar-refractivity contribution in [3.05, 3.63) is 51.8 Å². The molecular formula is C22H27N3O6. The quantitative estimate of drug-likeness (QED) is 0.612. The van der Waals surface area contributed by atoms with Gasteiger partial charge in [0.1, 0.15) is 17.9 Å². The zero-order valence-electron chi connectivity index (χ0n) is 17.7. The third kappa shape index (κ3) is 4.66. The van der Waals surface area contributed by atoms with E-state index < -0.39 is 5.97 Å². The van der Waals surface area contributed by atoms with Crippen molar-refractivity contribution in [2.45, 2.75) is 32.4 Å². The summed E-state index contributed by atoms with van der Waals surface area (Å²) in [5.74, 6) is -0.200. The normalized spacial score (nSPS) is 16.8. The number of nitrogens with zero attached hydrogens (tertiary/aromatic N) is 3. The van der Waals surface area contributed by atoms with Gasteiger partial charge in [0.05, 0.1) is 26.2 Å². The van der Waals surface area contributed by atoms with Crippen LogP contribution in [0.3, 0.4) is 0 Å². The second kappa shape index (κ2) is 9.38. The SMILES string of the molecule is COC(=O)c1c(OCCN2CCCC2=O)cc(=O)n2c1CCN(Cc1ccoc1)CC2.